The number of nitrogens with zero attached hydrogens (tertiary/aromatic N) is 2. The summed E-state index contributed by atoms with van der Waals surface area (Å²) >= 11 is 6.01. The Morgan fingerprint density at radius 2 is 1.82 bits per heavy atom. The van der Waals surface area contributed by atoms with Crippen molar-refractivity contribution < 1.29 is 0 Å². The molecule has 0 fully saturated rings. The summed E-state index contributed by atoms with van der Waals surface area (Å²) in [5, 5.41) is 10.8. The van der Waals surface area contributed by atoms with Crippen molar-refractivity contribution in [2.45, 2.75) is 27.7 Å². The molecule has 0 unspecified atom stereocenters. The first kappa shape index (κ1) is 17.7. The third-order valence-electron chi connectivity index (χ3n) is 2.84. The summed E-state index contributed by atoms with van der Waals surface area (Å²) in [5.74, 6) is 0. The van der Waals surface area contributed by atoms with Crippen molar-refractivity contribution >= 4 is 22.6 Å². The SMILES string of the molecule is CC.CC.N#Cc1ccc(Cl)cc1-c1c[nH]c2ncccc12. The van der Waals surface area contributed by atoms with Gasteiger partial charge in [-0.25, -0.2) is 4.98 Å². The van der Waals surface area contributed by atoms with Crippen LogP contribution in [0.25, 0.3) is 22.2 Å². The van der Waals surface area contributed by atoms with Crippen molar-refractivity contribution in [3.05, 3.63) is 53.3 Å². The molecule has 0 radical (unpaired) electrons. The van der Waals surface area contributed by atoms with Gasteiger partial charge in [-0.05, 0) is 30.3 Å². The highest BCUT2D eigenvalue weighted by molar-refractivity contribution is 6.31. The summed E-state index contributed by atoms with van der Waals surface area (Å²) in [6.45, 7) is 8.00. The topological polar surface area (TPSA) is 52.5 Å². The van der Waals surface area contributed by atoms with Crippen LogP contribution in [0.2, 0.25) is 5.02 Å². The first-order valence-corrected chi connectivity index (χ1v) is 7.79. The molecule has 2 heterocycles. The Balaban J connectivity index is 0.000000561. The number of fused-ring (bicyclic) bond motifs is 1. The summed E-state index contributed by atoms with van der Waals surface area (Å²) < 4.78 is 0. The van der Waals surface area contributed by atoms with Gasteiger partial charge in [-0.3, -0.25) is 0 Å². The number of benzene rings is 1. The minimum Gasteiger partial charge on any atom is -0.346 e. The van der Waals surface area contributed by atoms with E-state index in [1.54, 1.807) is 24.4 Å². The van der Waals surface area contributed by atoms with Crippen LogP contribution < -0.4 is 0 Å². The van der Waals surface area contributed by atoms with E-state index < -0.39 is 0 Å². The van der Waals surface area contributed by atoms with Gasteiger partial charge in [-0.2, -0.15) is 5.26 Å². The van der Waals surface area contributed by atoms with Crippen LogP contribution in [0.3, 0.4) is 0 Å². The normalized spacial score (nSPS) is 9.09. The maximum atomic E-state index is 9.16. The number of halogens is 1. The Hall–Kier alpha value is -2.31. The fourth-order valence-electron chi connectivity index (χ4n) is 2.02. The zero-order chi connectivity index (χ0) is 16.5. The molecule has 1 aromatic carbocycles. The minimum atomic E-state index is 0.601. The van der Waals surface area contributed by atoms with Gasteiger partial charge in [0.05, 0.1) is 11.6 Å². The van der Waals surface area contributed by atoms with Crippen LogP contribution in [0, 0.1) is 11.3 Å². The fourth-order valence-corrected chi connectivity index (χ4v) is 2.19. The number of rotatable bonds is 1. The monoisotopic (exact) mass is 313 g/mol. The Kier molecular flexibility index (Phi) is 7.15. The quantitative estimate of drug-likeness (QED) is 0.616. The molecule has 3 rings (SSSR count). The predicted octanol–water partition coefficient (Wildman–Crippen LogP) is 5.81. The third kappa shape index (κ3) is 3.66. The van der Waals surface area contributed by atoms with Crippen LogP contribution in [0.5, 0.6) is 0 Å². The highest BCUT2D eigenvalue weighted by Crippen LogP contribution is 2.31. The van der Waals surface area contributed by atoms with Crippen molar-refractivity contribution in [3.63, 3.8) is 0 Å². The third-order valence-corrected chi connectivity index (χ3v) is 3.08. The standard InChI is InChI=1S/C14H8ClN3.2C2H6/c15-10-4-3-9(7-16)12(6-10)13-8-18-14-11(13)2-1-5-17-14;2*1-2/h1-6,8H,(H,17,18);2*1-2H3. The van der Waals surface area contributed by atoms with Crippen LogP contribution in [-0.4, -0.2) is 9.97 Å². The molecule has 0 aliphatic carbocycles. The summed E-state index contributed by atoms with van der Waals surface area (Å²) in [6.07, 6.45) is 3.58. The molecule has 0 atom stereocenters. The first-order valence-electron chi connectivity index (χ1n) is 7.42. The second kappa shape index (κ2) is 8.86. The molecule has 3 aromatic rings. The second-order valence-electron chi connectivity index (χ2n) is 3.90. The molecule has 0 aliphatic heterocycles. The van der Waals surface area contributed by atoms with Crippen LogP contribution in [-0.2, 0) is 0 Å². The van der Waals surface area contributed by atoms with Crippen LogP contribution in [0.15, 0.2) is 42.7 Å². The van der Waals surface area contributed by atoms with Gasteiger partial charge in [0.2, 0.25) is 0 Å². The number of nitriles is 1. The smallest absolute Gasteiger partial charge is 0.137 e. The Labute approximate surface area is 136 Å². The highest BCUT2D eigenvalue weighted by Gasteiger charge is 2.11. The molecule has 0 saturated heterocycles. The molecule has 2 aromatic heterocycles. The summed E-state index contributed by atoms with van der Waals surface area (Å²) in [4.78, 5) is 7.33. The molecule has 0 spiro atoms. The number of aromatic nitrogens is 2. The minimum absolute atomic E-state index is 0.601. The highest BCUT2D eigenvalue weighted by atomic mass is 35.5. The lowest BCUT2D eigenvalue weighted by atomic mass is 10.0. The van der Waals surface area contributed by atoms with Gasteiger partial charge in [0.1, 0.15) is 5.65 Å². The van der Waals surface area contributed by atoms with E-state index in [0.717, 1.165) is 22.2 Å². The molecule has 0 aliphatic rings. The van der Waals surface area contributed by atoms with Crippen LogP contribution >= 0.6 is 11.6 Å². The predicted molar refractivity (Wildman–Crippen MR) is 94.0 cm³/mol. The Bertz CT molecular complexity index is 769. The van der Waals surface area contributed by atoms with E-state index >= 15 is 0 Å². The molecule has 0 amide bonds. The number of hydrogen-bond donors (Lipinski definition) is 1. The fraction of sp³-hybridized carbons (Fsp3) is 0.222. The van der Waals surface area contributed by atoms with Gasteiger partial charge in [0.25, 0.3) is 0 Å². The number of pyridine rings is 1. The van der Waals surface area contributed by atoms with Gasteiger partial charge < -0.3 is 4.98 Å². The van der Waals surface area contributed by atoms with Gasteiger partial charge in [-0.15, -0.1) is 0 Å². The second-order valence-corrected chi connectivity index (χ2v) is 4.34. The molecule has 114 valence electrons. The lowest BCUT2D eigenvalue weighted by molar-refractivity contribution is 1.33. The number of aromatic amines is 1. The van der Waals surface area contributed by atoms with Gasteiger partial charge in [-0.1, -0.05) is 39.3 Å². The van der Waals surface area contributed by atoms with Crippen molar-refractivity contribution in [3.8, 4) is 17.2 Å². The number of nitrogens with one attached hydrogen (secondary N) is 1. The van der Waals surface area contributed by atoms with E-state index in [-0.39, 0.29) is 0 Å². The van der Waals surface area contributed by atoms with E-state index in [4.69, 9.17) is 16.9 Å². The molecular formula is C18H20ClN3. The maximum Gasteiger partial charge on any atom is 0.137 e. The molecule has 1 N–H and O–H groups in total. The zero-order valence-electron chi connectivity index (χ0n) is 13.3. The lowest BCUT2D eigenvalue weighted by Crippen LogP contribution is -1.83. The van der Waals surface area contributed by atoms with Crippen molar-refractivity contribution in [1.29, 1.82) is 5.26 Å². The van der Waals surface area contributed by atoms with Gasteiger partial charge in [0.15, 0.2) is 0 Å². The van der Waals surface area contributed by atoms with Crippen molar-refractivity contribution in [1.82, 2.24) is 9.97 Å². The summed E-state index contributed by atoms with van der Waals surface area (Å²) in [6, 6.07) is 11.3. The Morgan fingerprint density at radius 1 is 1.09 bits per heavy atom. The molecule has 0 bridgehead atoms. The molecule has 3 nitrogen and oxygen atoms in total. The molecular weight excluding hydrogens is 294 g/mol. The zero-order valence-corrected chi connectivity index (χ0v) is 14.1. The number of H-pyrrole nitrogens is 1. The molecule has 0 saturated carbocycles. The summed E-state index contributed by atoms with van der Waals surface area (Å²) in [7, 11) is 0. The van der Waals surface area contributed by atoms with E-state index in [9.17, 15) is 0 Å². The molecule has 22 heavy (non-hydrogen) atoms. The molecule has 4 heteroatoms. The lowest BCUT2D eigenvalue weighted by Gasteiger charge is -2.03. The van der Waals surface area contributed by atoms with Crippen LogP contribution in [0.1, 0.15) is 33.3 Å². The Morgan fingerprint density at radius 3 is 2.50 bits per heavy atom. The van der Waals surface area contributed by atoms with Crippen molar-refractivity contribution in [2.75, 3.05) is 0 Å². The van der Waals surface area contributed by atoms with E-state index in [1.165, 1.54) is 0 Å². The average Bonchev–Trinajstić information content (AvgIpc) is 3.02. The van der Waals surface area contributed by atoms with Gasteiger partial charge in [0, 0.05) is 33.9 Å². The van der Waals surface area contributed by atoms with E-state index in [1.807, 2.05) is 46.0 Å². The van der Waals surface area contributed by atoms with Gasteiger partial charge >= 0.3 is 0 Å². The summed E-state index contributed by atoms with van der Waals surface area (Å²) in [5.41, 5.74) is 3.17. The van der Waals surface area contributed by atoms with E-state index in [0.29, 0.717) is 10.6 Å². The largest absolute Gasteiger partial charge is 0.346 e. The first-order chi connectivity index (χ1) is 10.8. The van der Waals surface area contributed by atoms with E-state index in [2.05, 4.69) is 16.0 Å². The van der Waals surface area contributed by atoms with Crippen LogP contribution in [0.4, 0.5) is 0 Å². The van der Waals surface area contributed by atoms with Crippen molar-refractivity contribution in [2.24, 2.45) is 0 Å². The number of hydrogen-bond acceptors (Lipinski definition) is 2. The average molecular weight is 314 g/mol. The maximum absolute atomic E-state index is 9.16.